The van der Waals surface area contributed by atoms with Gasteiger partial charge in [0.2, 0.25) is 11.8 Å². The number of amides is 2. The van der Waals surface area contributed by atoms with Gasteiger partial charge in [-0.2, -0.15) is 13.2 Å². The van der Waals surface area contributed by atoms with Crippen LogP contribution in [0.4, 0.5) is 22.0 Å². The van der Waals surface area contributed by atoms with Gasteiger partial charge in [0.1, 0.15) is 17.4 Å². The topological polar surface area (TPSA) is 127 Å². The van der Waals surface area contributed by atoms with Crippen LogP contribution in [0.3, 0.4) is 0 Å². The summed E-state index contributed by atoms with van der Waals surface area (Å²) in [6, 6.07) is 4.76. The molecule has 4 atom stereocenters. The minimum Gasteiger partial charge on any atom is -0.490 e. The third kappa shape index (κ3) is 6.91. The second-order valence-electron chi connectivity index (χ2n) is 16.4. The van der Waals surface area contributed by atoms with Crippen LogP contribution in [0.25, 0.3) is 22.3 Å². The summed E-state index contributed by atoms with van der Waals surface area (Å²) in [4.78, 5) is 48.8. The Hall–Kier alpha value is -4.30. The van der Waals surface area contributed by atoms with Gasteiger partial charge in [0.25, 0.3) is 5.91 Å². The molecule has 1 aromatic carbocycles. The molecular weight excluding hydrogens is 713 g/mol. The van der Waals surface area contributed by atoms with Gasteiger partial charge in [0.15, 0.2) is 11.5 Å². The highest BCUT2D eigenvalue weighted by molar-refractivity contribution is 6.00. The Morgan fingerprint density at radius 1 is 1.00 bits per heavy atom. The second kappa shape index (κ2) is 13.5. The van der Waals surface area contributed by atoms with Crippen LogP contribution < -0.4 is 10.1 Å². The molecular formula is C39H44F5N5O5. The van der Waals surface area contributed by atoms with E-state index in [0.717, 1.165) is 25.5 Å². The molecule has 5 fully saturated rings. The second-order valence-corrected chi connectivity index (χ2v) is 16.4. The van der Waals surface area contributed by atoms with Crippen molar-refractivity contribution < 1.29 is 46.2 Å². The number of aromatic nitrogens is 3. The van der Waals surface area contributed by atoms with Crippen molar-refractivity contribution in [2.75, 3.05) is 13.1 Å². The molecule has 54 heavy (non-hydrogen) atoms. The minimum absolute atomic E-state index is 0.0464. The Morgan fingerprint density at radius 3 is 2.39 bits per heavy atom. The highest BCUT2D eigenvalue weighted by Crippen LogP contribution is 2.51. The van der Waals surface area contributed by atoms with Crippen molar-refractivity contribution in [1.29, 1.82) is 0 Å². The average Bonchev–Trinajstić information content (AvgIpc) is 3.86. The highest BCUT2D eigenvalue weighted by atomic mass is 19.4. The lowest BCUT2D eigenvalue weighted by atomic mass is 9.78. The summed E-state index contributed by atoms with van der Waals surface area (Å²) in [5.41, 5.74) is -3.28. The number of hydrogen-bond acceptors (Lipinski definition) is 6. The van der Waals surface area contributed by atoms with E-state index < -0.39 is 46.7 Å². The van der Waals surface area contributed by atoms with Crippen molar-refractivity contribution in [3.8, 4) is 17.1 Å². The zero-order valence-electron chi connectivity index (χ0n) is 30.0. The molecule has 1 saturated heterocycles. The number of benzene rings is 1. The van der Waals surface area contributed by atoms with E-state index in [0.29, 0.717) is 55.4 Å². The van der Waals surface area contributed by atoms with Gasteiger partial charge in [-0.15, -0.1) is 0 Å². The van der Waals surface area contributed by atoms with Gasteiger partial charge in [0, 0.05) is 80.1 Å². The number of hydrogen-bond donors (Lipinski definition) is 2. The number of carboxylic acids is 1. The van der Waals surface area contributed by atoms with Crippen LogP contribution in [0.5, 0.6) is 5.75 Å². The quantitative estimate of drug-likeness (QED) is 0.226. The third-order valence-electron chi connectivity index (χ3n) is 12.5. The standard InChI is InChI=1S/C39H44F5N5O5/c1-21-14-22-16-24(15-21)38(18-22,36(52)53)47-34(50)29-19-45-33(46-32(29)39(42,43)44)30-20-49(25-6-10-37(40,41)11-7-25)31-17-27(4-5-28(30)31)54-26-8-12-48(13-9-26)35(51)23-2-3-23/h4-5,17,19-26H,2-3,6-16,18H2,1H3,(H,47,50)(H,52,53). The van der Waals surface area contributed by atoms with E-state index >= 15 is 0 Å². The largest absolute Gasteiger partial charge is 0.490 e. The lowest BCUT2D eigenvalue weighted by Crippen LogP contribution is -2.57. The SMILES string of the molecule is CC1CC2CC(C1)C(NC(=O)c1cnc(-c3cn(C4CCC(F)(F)CC4)c4cc(OC5CCN(C(=O)C6CC6)CC5)ccc34)nc1C(F)(F)F)(C(=O)O)C2. The molecule has 10 nitrogen and oxygen atoms in total. The summed E-state index contributed by atoms with van der Waals surface area (Å²) >= 11 is 0. The molecule has 8 rings (SSSR count). The van der Waals surface area contributed by atoms with Gasteiger partial charge in [-0.25, -0.2) is 23.5 Å². The Kier molecular flexibility index (Phi) is 9.15. The molecule has 0 radical (unpaired) electrons. The summed E-state index contributed by atoms with van der Waals surface area (Å²) in [6.07, 6.45) is 1.95. The van der Waals surface area contributed by atoms with E-state index in [4.69, 9.17) is 4.74 Å². The first-order valence-electron chi connectivity index (χ1n) is 19.1. The van der Waals surface area contributed by atoms with Crippen LogP contribution in [0.15, 0.2) is 30.6 Å². The third-order valence-corrected chi connectivity index (χ3v) is 12.5. The molecule has 1 aliphatic heterocycles. The van der Waals surface area contributed by atoms with E-state index in [2.05, 4.69) is 15.3 Å². The maximum Gasteiger partial charge on any atom is 0.434 e. The Balaban J connectivity index is 1.11. The zero-order valence-corrected chi connectivity index (χ0v) is 30.0. The molecule has 290 valence electrons. The molecule has 2 N–H and O–H groups in total. The van der Waals surface area contributed by atoms with Gasteiger partial charge < -0.3 is 24.6 Å². The number of ether oxygens (including phenoxy) is 1. The Morgan fingerprint density at radius 2 is 1.72 bits per heavy atom. The number of likely N-dealkylation sites (tertiary alicyclic amines) is 1. The van der Waals surface area contributed by atoms with E-state index in [1.165, 1.54) is 0 Å². The number of piperidine rings is 1. The molecule has 0 spiro atoms. The summed E-state index contributed by atoms with van der Waals surface area (Å²) in [7, 11) is 0. The Bertz CT molecular complexity index is 1960. The van der Waals surface area contributed by atoms with E-state index in [-0.39, 0.29) is 79.3 Å². The van der Waals surface area contributed by atoms with Gasteiger partial charge in [0.05, 0.1) is 11.1 Å². The van der Waals surface area contributed by atoms with Crippen molar-refractivity contribution in [3.63, 3.8) is 0 Å². The Labute approximate surface area is 308 Å². The van der Waals surface area contributed by atoms with Crippen LogP contribution in [0.2, 0.25) is 0 Å². The van der Waals surface area contributed by atoms with Crippen molar-refractivity contribution in [1.82, 2.24) is 24.8 Å². The number of carboxylic acid groups (broad SMARTS) is 1. The summed E-state index contributed by atoms with van der Waals surface area (Å²) in [6.45, 7) is 3.18. The van der Waals surface area contributed by atoms with E-state index in [1.54, 1.807) is 29.0 Å². The molecule has 3 heterocycles. The molecule has 2 bridgehead atoms. The average molecular weight is 758 g/mol. The summed E-state index contributed by atoms with van der Waals surface area (Å²) in [5, 5.41) is 13.3. The lowest BCUT2D eigenvalue weighted by molar-refractivity contribution is -0.146. The number of halogens is 5. The number of fused-ring (bicyclic) bond motifs is 3. The monoisotopic (exact) mass is 757 g/mol. The molecule has 4 saturated carbocycles. The fourth-order valence-electron chi connectivity index (χ4n) is 9.63. The lowest BCUT2D eigenvalue weighted by Gasteiger charge is -2.33. The smallest absolute Gasteiger partial charge is 0.434 e. The van der Waals surface area contributed by atoms with Crippen molar-refractivity contribution >= 4 is 28.7 Å². The number of aliphatic carboxylic acids is 1. The number of alkyl halides is 5. The molecule has 4 aliphatic carbocycles. The number of nitrogens with one attached hydrogen (secondary N) is 1. The van der Waals surface area contributed by atoms with Crippen molar-refractivity contribution in [3.05, 3.63) is 41.9 Å². The summed E-state index contributed by atoms with van der Waals surface area (Å²) in [5.74, 6) is -4.89. The highest BCUT2D eigenvalue weighted by Gasteiger charge is 2.56. The predicted octanol–water partition coefficient (Wildman–Crippen LogP) is 7.66. The first-order valence-corrected chi connectivity index (χ1v) is 19.1. The van der Waals surface area contributed by atoms with Crippen LogP contribution in [0.1, 0.15) is 106 Å². The van der Waals surface area contributed by atoms with Crippen LogP contribution in [-0.4, -0.2) is 73.0 Å². The molecule has 3 aromatic rings. The maximum absolute atomic E-state index is 14.7. The fraction of sp³-hybridized carbons (Fsp3) is 0.615. The number of nitrogens with zero attached hydrogens (tertiary/aromatic N) is 4. The fourth-order valence-corrected chi connectivity index (χ4v) is 9.63. The zero-order chi connectivity index (χ0) is 38.2. The molecule has 15 heteroatoms. The normalized spacial score (nSPS) is 27.6. The van der Waals surface area contributed by atoms with Gasteiger partial charge in [-0.3, -0.25) is 9.59 Å². The predicted molar refractivity (Wildman–Crippen MR) is 186 cm³/mol. The van der Waals surface area contributed by atoms with Gasteiger partial charge in [-0.1, -0.05) is 6.92 Å². The number of carbonyl (C=O) groups excluding carboxylic acids is 2. The van der Waals surface area contributed by atoms with Gasteiger partial charge >= 0.3 is 12.1 Å². The van der Waals surface area contributed by atoms with Crippen molar-refractivity contribution in [2.24, 2.45) is 23.7 Å². The molecule has 2 amide bonds. The van der Waals surface area contributed by atoms with Crippen LogP contribution in [-0.2, 0) is 15.8 Å². The number of rotatable bonds is 8. The number of carbonyl (C=O) groups is 3. The first kappa shape index (κ1) is 36.7. The van der Waals surface area contributed by atoms with E-state index in [9.17, 15) is 41.4 Å². The first-order chi connectivity index (χ1) is 25.6. The van der Waals surface area contributed by atoms with Gasteiger partial charge in [-0.05, 0) is 81.3 Å². The summed E-state index contributed by atoms with van der Waals surface area (Å²) < 4.78 is 80.7. The molecule has 2 aromatic heterocycles. The van der Waals surface area contributed by atoms with Crippen LogP contribution >= 0.6 is 0 Å². The van der Waals surface area contributed by atoms with Crippen LogP contribution in [0, 0.1) is 23.7 Å². The van der Waals surface area contributed by atoms with Crippen molar-refractivity contribution in [2.45, 2.75) is 114 Å². The minimum atomic E-state index is -5.09. The molecule has 5 aliphatic rings. The molecule has 4 unspecified atom stereocenters. The van der Waals surface area contributed by atoms with E-state index in [1.807, 2.05) is 11.8 Å². The maximum atomic E-state index is 14.7.